The molecule has 0 unspecified atom stereocenters. The maximum absolute atomic E-state index is 12.1. The third-order valence-corrected chi connectivity index (χ3v) is 2.38. The Labute approximate surface area is 115 Å². The number of para-hydroxylation sites is 2. The van der Waals surface area contributed by atoms with Gasteiger partial charge in [-0.2, -0.15) is 0 Å². The number of carbonyl (C=O) groups excluding carboxylic acids is 2. The van der Waals surface area contributed by atoms with Crippen LogP contribution in [-0.4, -0.2) is 12.1 Å². The largest absolute Gasteiger partial charge is 0.429 e. The standard InChI is InChI=1S/C14H13N3O3/c15-13(18)20-17(12-9-5-2-6-10-12)14(19)16-11-7-3-1-4-8-11/h1-10H,(H2,15,18)(H,16,19). The van der Waals surface area contributed by atoms with E-state index in [4.69, 9.17) is 10.6 Å². The summed E-state index contributed by atoms with van der Waals surface area (Å²) in [5.74, 6) is 0. The molecule has 6 nitrogen and oxygen atoms in total. The Hall–Kier alpha value is -3.02. The number of urea groups is 1. The van der Waals surface area contributed by atoms with Crippen molar-refractivity contribution < 1.29 is 14.4 Å². The molecule has 2 rings (SSSR count). The van der Waals surface area contributed by atoms with Gasteiger partial charge in [-0.15, -0.1) is 5.06 Å². The highest BCUT2D eigenvalue weighted by Gasteiger charge is 2.19. The first-order valence-electron chi connectivity index (χ1n) is 5.85. The topological polar surface area (TPSA) is 84.7 Å². The van der Waals surface area contributed by atoms with Gasteiger partial charge in [0.25, 0.3) is 0 Å². The lowest BCUT2D eigenvalue weighted by molar-refractivity contribution is 0.147. The summed E-state index contributed by atoms with van der Waals surface area (Å²) in [6.45, 7) is 0. The molecule has 0 spiro atoms. The van der Waals surface area contributed by atoms with Crippen molar-refractivity contribution in [3.8, 4) is 0 Å². The third kappa shape index (κ3) is 3.49. The number of hydrogen-bond donors (Lipinski definition) is 2. The summed E-state index contributed by atoms with van der Waals surface area (Å²) in [7, 11) is 0. The molecule has 3 N–H and O–H groups in total. The molecule has 0 aromatic heterocycles. The van der Waals surface area contributed by atoms with E-state index in [-0.39, 0.29) is 0 Å². The van der Waals surface area contributed by atoms with Crippen molar-refractivity contribution in [2.45, 2.75) is 0 Å². The normalized spacial score (nSPS) is 9.60. The van der Waals surface area contributed by atoms with Gasteiger partial charge in [-0.25, -0.2) is 9.59 Å². The van der Waals surface area contributed by atoms with E-state index in [0.29, 0.717) is 11.4 Å². The van der Waals surface area contributed by atoms with Crippen molar-refractivity contribution in [2.24, 2.45) is 5.73 Å². The molecule has 6 heteroatoms. The number of hydroxylamine groups is 1. The molecule has 3 amide bonds. The van der Waals surface area contributed by atoms with Gasteiger partial charge >= 0.3 is 12.1 Å². The predicted octanol–water partition coefficient (Wildman–Crippen LogP) is 2.74. The number of anilines is 2. The van der Waals surface area contributed by atoms with E-state index in [9.17, 15) is 9.59 Å². The summed E-state index contributed by atoms with van der Waals surface area (Å²) in [4.78, 5) is 27.8. The van der Waals surface area contributed by atoms with Gasteiger partial charge in [0.05, 0.1) is 5.69 Å². The Morgan fingerprint density at radius 3 is 2.05 bits per heavy atom. The molecule has 0 saturated carbocycles. The van der Waals surface area contributed by atoms with E-state index in [1.807, 2.05) is 6.07 Å². The number of carbonyl (C=O) groups is 2. The highest BCUT2D eigenvalue weighted by molar-refractivity contribution is 6.01. The molecule has 0 fully saturated rings. The van der Waals surface area contributed by atoms with Crippen LogP contribution < -0.4 is 16.1 Å². The molecule has 0 radical (unpaired) electrons. The average Bonchev–Trinajstić information content (AvgIpc) is 2.46. The van der Waals surface area contributed by atoms with Crippen LogP contribution >= 0.6 is 0 Å². The fraction of sp³-hybridized carbons (Fsp3) is 0. The van der Waals surface area contributed by atoms with Crippen LogP contribution in [0.15, 0.2) is 60.7 Å². The van der Waals surface area contributed by atoms with Crippen molar-refractivity contribution in [1.82, 2.24) is 0 Å². The minimum Gasteiger partial charge on any atom is -0.333 e. The second-order valence-electron chi connectivity index (χ2n) is 3.84. The number of nitrogens with zero attached hydrogens (tertiary/aromatic N) is 1. The fourth-order valence-electron chi connectivity index (χ4n) is 1.56. The number of nitrogens with two attached hydrogens (primary N) is 1. The minimum atomic E-state index is -1.07. The van der Waals surface area contributed by atoms with Crippen molar-refractivity contribution in [3.63, 3.8) is 0 Å². The van der Waals surface area contributed by atoms with Crippen molar-refractivity contribution in [3.05, 3.63) is 60.7 Å². The van der Waals surface area contributed by atoms with Gasteiger partial charge < -0.3 is 15.9 Å². The summed E-state index contributed by atoms with van der Waals surface area (Å²) >= 11 is 0. The van der Waals surface area contributed by atoms with E-state index in [1.54, 1.807) is 54.6 Å². The SMILES string of the molecule is NC(=O)ON(C(=O)Nc1ccccc1)c1ccccc1. The van der Waals surface area contributed by atoms with Gasteiger partial charge in [0.15, 0.2) is 0 Å². The predicted molar refractivity (Wildman–Crippen MR) is 75.1 cm³/mol. The quantitative estimate of drug-likeness (QED) is 0.823. The van der Waals surface area contributed by atoms with Crippen molar-refractivity contribution in [2.75, 3.05) is 10.4 Å². The molecule has 20 heavy (non-hydrogen) atoms. The average molecular weight is 271 g/mol. The number of hydrogen-bond acceptors (Lipinski definition) is 3. The van der Waals surface area contributed by atoms with Gasteiger partial charge in [0.1, 0.15) is 0 Å². The Morgan fingerprint density at radius 2 is 1.50 bits per heavy atom. The number of amides is 3. The van der Waals surface area contributed by atoms with Crippen molar-refractivity contribution in [1.29, 1.82) is 0 Å². The van der Waals surface area contributed by atoms with Gasteiger partial charge in [-0.05, 0) is 24.3 Å². The lowest BCUT2D eigenvalue weighted by Crippen LogP contribution is -2.38. The van der Waals surface area contributed by atoms with Crippen LogP contribution in [0.25, 0.3) is 0 Å². The summed E-state index contributed by atoms with van der Waals surface area (Å²) in [6, 6.07) is 16.6. The molecule has 0 aliphatic carbocycles. The van der Waals surface area contributed by atoms with Crippen LogP contribution in [0.3, 0.4) is 0 Å². The molecule has 102 valence electrons. The molecular formula is C14H13N3O3. The van der Waals surface area contributed by atoms with E-state index < -0.39 is 12.1 Å². The molecule has 0 heterocycles. The van der Waals surface area contributed by atoms with Crippen LogP contribution in [0.2, 0.25) is 0 Å². The van der Waals surface area contributed by atoms with Crippen LogP contribution in [0.5, 0.6) is 0 Å². The zero-order chi connectivity index (χ0) is 14.4. The first-order valence-corrected chi connectivity index (χ1v) is 5.85. The smallest absolute Gasteiger partial charge is 0.333 e. The Morgan fingerprint density at radius 1 is 0.950 bits per heavy atom. The molecule has 0 aliphatic rings. The van der Waals surface area contributed by atoms with E-state index >= 15 is 0 Å². The monoisotopic (exact) mass is 271 g/mol. The number of benzene rings is 2. The molecule has 0 saturated heterocycles. The van der Waals surface area contributed by atoms with Crippen molar-refractivity contribution >= 4 is 23.5 Å². The first-order chi connectivity index (χ1) is 9.66. The molecule has 2 aromatic carbocycles. The highest BCUT2D eigenvalue weighted by atomic mass is 16.7. The first kappa shape index (κ1) is 13.4. The van der Waals surface area contributed by atoms with E-state index in [2.05, 4.69) is 5.32 Å². The van der Waals surface area contributed by atoms with Crippen LogP contribution in [0, 0.1) is 0 Å². The maximum Gasteiger partial charge on any atom is 0.429 e. The summed E-state index contributed by atoms with van der Waals surface area (Å²) in [5, 5.41) is 3.40. The number of nitrogens with one attached hydrogen (secondary N) is 1. The zero-order valence-electron chi connectivity index (χ0n) is 10.5. The molecular weight excluding hydrogens is 258 g/mol. The maximum atomic E-state index is 12.1. The Balaban J connectivity index is 2.18. The van der Waals surface area contributed by atoms with Crippen LogP contribution in [0.4, 0.5) is 21.0 Å². The Bertz CT molecular complexity index is 587. The number of rotatable bonds is 2. The second kappa shape index (κ2) is 6.24. The molecule has 0 atom stereocenters. The van der Waals surface area contributed by atoms with Crippen LogP contribution in [0.1, 0.15) is 0 Å². The van der Waals surface area contributed by atoms with Gasteiger partial charge in [-0.1, -0.05) is 36.4 Å². The Kier molecular flexibility index (Phi) is 4.18. The van der Waals surface area contributed by atoms with E-state index in [0.717, 1.165) is 5.06 Å². The molecule has 2 aromatic rings. The van der Waals surface area contributed by atoms with Gasteiger partial charge in [-0.3, -0.25) is 0 Å². The second-order valence-corrected chi connectivity index (χ2v) is 3.84. The molecule has 0 aliphatic heterocycles. The lowest BCUT2D eigenvalue weighted by Gasteiger charge is -2.20. The highest BCUT2D eigenvalue weighted by Crippen LogP contribution is 2.16. The molecule has 0 bridgehead atoms. The third-order valence-electron chi connectivity index (χ3n) is 2.38. The van der Waals surface area contributed by atoms with E-state index in [1.165, 1.54) is 0 Å². The van der Waals surface area contributed by atoms with Gasteiger partial charge in [0.2, 0.25) is 0 Å². The van der Waals surface area contributed by atoms with Crippen LogP contribution in [-0.2, 0) is 4.84 Å². The van der Waals surface area contributed by atoms with Gasteiger partial charge in [0, 0.05) is 5.69 Å². The minimum absolute atomic E-state index is 0.389. The fourth-order valence-corrected chi connectivity index (χ4v) is 1.56. The summed E-state index contributed by atoms with van der Waals surface area (Å²) in [5.41, 5.74) is 5.94. The summed E-state index contributed by atoms with van der Waals surface area (Å²) in [6.07, 6.45) is -1.07. The number of primary amides is 1. The zero-order valence-corrected chi connectivity index (χ0v) is 10.5. The summed E-state index contributed by atoms with van der Waals surface area (Å²) < 4.78 is 0. The lowest BCUT2D eigenvalue weighted by atomic mass is 10.3.